The Morgan fingerprint density at radius 3 is 2.28 bits per heavy atom. The zero-order valence-corrected chi connectivity index (χ0v) is 14.5. The molecule has 0 unspecified atom stereocenters. The van der Waals surface area contributed by atoms with E-state index in [4.69, 9.17) is 4.74 Å². The quantitative estimate of drug-likeness (QED) is 0.855. The second-order valence-electron chi connectivity index (χ2n) is 6.22. The smallest absolute Gasteiger partial charge is 0.432 e. The van der Waals surface area contributed by atoms with E-state index in [9.17, 15) is 9.59 Å². The van der Waals surface area contributed by atoms with Gasteiger partial charge in [-0.1, -0.05) is 60.7 Å². The average Bonchev–Trinajstić information content (AvgIpc) is 2.64. The molecule has 0 N–H and O–H groups in total. The molecule has 0 aromatic heterocycles. The molecule has 2 aromatic rings. The molecule has 0 spiro atoms. The first-order valence-corrected chi connectivity index (χ1v) is 8.43. The lowest BCUT2D eigenvalue weighted by Crippen LogP contribution is -2.58. The van der Waals surface area contributed by atoms with Gasteiger partial charge in [-0.05, 0) is 24.5 Å². The highest BCUT2D eigenvalue weighted by atomic mass is 16.6. The first-order chi connectivity index (χ1) is 12.1. The lowest BCUT2D eigenvalue weighted by molar-refractivity contribution is -0.162. The van der Waals surface area contributed by atoms with Crippen molar-refractivity contribution in [3.8, 4) is 0 Å². The van der Waals surface area contributed by atoms with Gasteiger partial charge in [-0.15, -0.1) is 0 Å². The molecule has 0 saturated carbocycles. The lowest BCUT2D eigenvalue weighted by Gasteiger charge is -2.42. The Labute approximate surface area is 147 Å². The van der Waals surface area contributed by atoms with Crippen LogP contribution in [0.3, 0.4) is 0 Å². The van der Waals surface area contributed by atoms with E-state index in [0.717, 1.165) is 16.1 Å². The molecule has 25 heavy (non-hydrogen) atoms. The minimum atomic E-state index is -0.618. The fourth-order valence-electron chi connectivity index (χ4n) is 3.03. The fraction of sp³-hybridized carbons (Fsp3) is 0.300. The number of carbonyl (C=O) groups excluding carboxylic acids is 2. The SMILES string of the molecule is C[C@H]1[C@H](c2ccccc2)OC(=O)N(C(=O)CCc2ccccc2)N1C. The molecule has 1 aliphatic rings. The van der Waals surface area contributed by atoms with Crippen molar-refractivity contribution in [2.24, 2.45) is 0 Å². The van der Waals surface area contributed by atoms with Gasteiger partial charge < -0.3 is 4.74 Å². The molecular formula is C20H22N2O3. The molecule has 2 atom stereocenters. The summed E-state index contributed by atoms with van der Waals surface area (Å²) < 4.78 is 5.57. The van der Waals surface area contributed by atoms with Gasteiger partial charge in [0, 0.05) is 13.5 Å². The number of nitrogens with zero attached hydrogens (tertiary/aromatic N) is 2. The lowest BCUT2D eigenvalue weighted by atomic mass is 10.0. The number of amides is 2. The number of aryl methyl sites for hydroxylation is 1. The first-order valence-electron chi connectivity index (χ1n) is 8.43. The minimum absolute atomic E-state index is 0.138. The predicted octanol–water partition coefficient (Wildman–Crippen LogP) is 3.57. The molecule has 1 aliphatic heterocycles. The van der Waals surface area contributed by atoms with Gasteiger partial charge in [-0.3, -0.25) is 4.79 Å². The van der Waals surface area contributed by atoms with Crippen LogP contribution in [0.1, 0.15) is 30.6 Å². The molecular weight excluding hydrogens is 316 g/mol. The van der Waals surface area contributed by atoms with E-state index in [1.54, 1.807) is 12.1 Å². The Morgan fingerprint density at radius 2 is 1.64 bits per heavy atom. The molecule has 1 saturated heterocycles. The topological polar surface area (TPSA) is 49.9 Å². The molecule has 2 aromatic carbocycles. The van der Waals surface area contributed by atoms with Gasteiger partial charge in [0.15, 0.2) is 0 Å². The molecule has 0 radical (unpaired) electrons. The third-order valence-electron chi connectivity index (χ3n) is 4.58. The molecule has 1 fully saturated rings. The Balaban J connectivity index is 1.69. The number of carbonyl (C=O) groups is 2. The summed E-state index contributed by atoms with van der Waals surface area (Å²) in [7, 11) is 1.75. The van der Waals surface area contributed by atoms with Gasteiger partial charge >= 0.3 is 6.09 Å². The van der Waals surface area contributed by atoms with Crippen molar-refractivity contribution in [1.82, 2.24) is 10.0 Å². The van der Waals surface area contributed by atoms with Gasteiger partial charge in [0.2, 0.25) is 5.91 Å². The van der Waals surface area contributed by atoms with E-state index in [1.807, 2.05) is 67.6 Å². The molecule has 3 rings (SSSR count). The summed E-state index contributed by atoms with van der Waals surface area (Å²) >= 11 is 0. The maximum absolute atomic E-state index is 12.6. The van der Waals surface area contributed by atoms with Crippen molar-refractivity contribution < 1.29 is 14.3 Å². The maximum Gasteiger partial charge on any atom is 0.432 e. The van der Waals surface area contributed by atoms with Gasteiger partial charge in [0.25, 0.3) is 0 Å². The number of hydrogen-bond donors (Lipinski definition) is 0. The van der Waals surface area contributed by atoms with Crippen molar-refractivity contribution in [3.63, 3.8) is 0 Å². The Morgan fingerprint density at radius 1 is 1.04 bits per heavy atom. The summed E-state index contributed by atoms with van der Waals surface area (Å²) in [6.45, 7) is 1.95. The van der Waals surface area contributed by atoms with E-state index >= 15 is 0 Å². The van der Waals surface area contributed by atoms with Crippen molar-refractivity contribution >= 4 is 12.0 Å². The van der Waals surface area contributed by atoms with Crippen LogP contribution < -0.4 is 0 Å². The van der Waals surface area contributed by atoms with Crippen molar-refractivity contribution in [1.29, 1.82) is 0 Å². The number of rotatable bonds is 4. The van der Waals surface area contributed by atoms with Crippen LogP contribution in [-0.2, 0) is 16.0 Å². The van der Waals surface area contributed by atoms with Gasteiger partial charge in [0.1, 0.15) is 6.10 Å². The predicted molar refractivity (Wildman–Crippen MR) is 94.5 cm³/mol. The van der Waals surface area contributed by atoms with Crippen LogP contribution in [0.2, 0.25) is 0 Å². The third-order valence-corrected chi connectivity index (χ3v) is 4.58. The van der Waals surface area contributed by atoms with E-state index in [1.165, 1.54) is 0 Å². The summed E-state index contributed by atoms with van der Waals surface area (Å²) in [5.74, 6) is -0.255. The molecule has 5 heteroatoms. The standard InChI is InChI=1S/C20H22N2O3/c1-15-19(17-11-7-4-8-12-17)25-20(24)22(21(15)2)18(23)14-13-16-9-5-3-6-10-16/h3-12,15,19H,13-14H2,1-2H3/t15-,19+/m0/s1. The Hall–Kier alpha value is -2.66. The van der Waals surface area contributed by atoms with Crippen LogP contribution in [0.5, 0.6) is 0 Å². The number of benzene rings is 2. The van der Waals surface area contributed by atoms with E-state index in [0.29, 0.717) is 6.42 Å². The highest BCUT2D eigenvalue weighted by Crippen LogP contribution is 2.30. The highest BCUT2D eigenvalue weighted by molar-refractivity contribution is 5.91. The zero-order valence-electron chi connectivity index (χ0n) is 14.5. The van der Waals surface area contributed by atoms with E-state index in [-0.39, 0.29) is 18.4 Å². The van der Waals surface area contributed by atoms with Crippen molar-refractivity contribution in [2.45, 2.75) is 31.9 Å². The number of hydrazine groups is 1. The van der Waals surface area contributed by atoms with Crippen molar-refractivity contribution in [3.05, 3.63) is 71.8 Å². The summed E-state index contributed by atoms with van der Waals surface area (Å²) in [4.78, 5) is 25.0. The van der Waals surface area contributed by atoms with Crippen LogP contribution in [0.15, 0.2) is 60.7 Å². The molecule has 0 bridgehead atoms. The van der Waals surface area contributed by atoms with Gasteiger partial charge in [-0.2, -0.15) is 5.01 Å². The second-order valence-corrected chi connectivity index (χ2v) is 6.22. The summed E-state index contributed by atoms with van der Waals surface area (Å²) in [5, 5.41) is 2.80. The second kappa shape index (κ2) is 7.49. The fourth-order valence-corrected chi connectivity index (χ4v) is 3.03. The first kappa shape index (κ1) is 17.2. The van der Waals surface area contributed by atoms with Crippen LogP contribution in [-0.4, -0.2) is 35.1 Å². The molecule has 2 amide bonds. The van der Waals surface area contributed by atoms with Gasteiger partial charge in [-0.25, -0.2) is 9.80 Å². The number of imide groups is 1. The molecule has 130 valence electrons. The molecule has 5 nitrogen and oxygen atoms in total. The van der Waals surface area contributed by atoms with E-state index in [2.05, 4.69) is 0 Å². The largest absolute Gasteiger partial charge is 0.438 e. The maximum atomic E-state index is 12.6. The van der Waals surface area contributed by atoms with E-state index < -0.39 is 12.2 Å². The molecule has 1 heterocycles. The Bertz CT molecular complexity index is 725. The van der Waals surface area contributed by atoms with Crippen LogP contribution in [0.4, 0.5) is 4.79 Å². The number of likely N-dealkylation sites (N-methyl/N-ethyl adjacent to an activating group) is 1. The number of ether oxygens (including phenoxy) is 1. The minimum Gasteiger partial charge on any atom is -0.438 e. The van der Waals surface area contributed by atoms with Crippen LogP contribution in [0.25, 0.3) is 0 Å². The number of hydrogen-bond acceptors (Lipinski definition) is 4. The number of cyclic esters (lactones) is 1. The average molecular weight is 338 g/mol. The Kier molecular flexibility index (Phi) is 5.14. The summed E-state index contributed by atoms with van der Waals surface area (Å²) in [5.41, 5.74) is 1.99. The summed E-state index contributed by atoms with van der Waals surface area (Å²) in [6.07, 6.45) is -0.163. The van der Waals surface area contributed by atoms with Crippen molar-refractivity contribution in [2.75, 3.05) is 7.05 Å². The summed E-state index contributed by atoms with van der Waals surface area (Å²) in [6, 6.07) is 19.2. The normalized spacial score (nSPS) is 21.0. The van der Waals surface area contributed by atoms with Crippen LogP contribution in [0, 0.1) is 0 Å². The van der Waals surface area contributed by atoms with Gasteiger partial charge in [0.05, 0.1) is 6.04 Å². The monoisotopic (exact) mass is 338 g/mol. The molecule has 0 aliphatic carbocycles. The zero-order chi connectivity index (χ0) is 17.8. The van der Waals surface area contributed by atoms with Crippen LogP contribution >= 0.6 is 0 Å². The highest BCUT2D eigenvalue weighted by Gasteiger charge is 2.41. The third kappa shape index (κ3) is 3.72.